The van der Waals surface area contributed by atoms with Crippen molar-refractivity contribution < 1.29 is 9.13 Å². The van der Waals surface area contributed by atoms with E-state index in [1.54, 1.807) is 6.07 Å². The minimum absolute atomic E-state index is 0.294. The highest BCUT2D eigenvalue weighted by Crippen LogP contribution is 2.21. The van der Waals surface area contributed by atoms with Crippen molar-refractivity contribution in [2.24, 2.45) is 0 Å². The molecule has 0 saturated carbocycles. The van der Waals surface area contributed by atoms with Crippen LogP contribution in [0.2, 0.25) is 0 Å². The van der Waals surface area contributed by atoms with Crippen molar-refractivity contribution in [3.05, 3.63) is 24.0 Å². The molecule has 1 aliphatic heterocycles. The highest BCUT2D eigenvalue weighted by molar-refractivity contribution is 5.66. The molecule has 1 heterocycles. The van der Waals surface area contributed by atoms with E-state index >= 15 is 0 Å². The maximum atomic E-state index is 12.7. The second-order valence-corrected chi connectivity index (χ2v) is 3.44. The third-order valence-electron chi connectivity index (χ3n) is 2.30. The summed E-state index contributed by atoms with van der Waals surface area (Å²) in [6.07, 6.45) is 0.969. The highest BCUT2D eigenvalue weighted by Gasteiger charge is 2.15. The first kappa shape index (κ1) is 9.27. The van der Waals surface area contributed by atoms with Crippen LogP contribution >= 0.6 is 0 Å². The van der Waals surface area contributed by atoms with Crippen molar-refractivity contribution in [2.75, 3.05) is 24.3 Å². The molecular formula is C10H13FN2O. The van der Waals surface area contributed by atoms with Gasteiger partial charge in [0.15, 0.2) is 0 Å². The summed E-state index contributed by atoms with van der Waals surface area (Å²) in [5, 5.41) is 3.22. The molecule has 2 rings (SSSR count). The zero-order chi connectivity index (χ0) is 9.97. The fourth-order valence-corrected chi connectivity index (χ4v) is 1.53. The van der Waals surface area contributed by atoms with Crippen molar-refractivity contribution in [1.82, 2.24) is 0 Å². The summed E-state index contributed by atoms with van der Waals surface area (Å²) >= 11 is 0. The molecule has 1 saturated heterocycles. The van der Waals surface area contributed by atoms with Gasteiger partial charge < -0.3 is 15.8 Å². The van der Waals surface area contributed by atoms with Gasteiger partial charge in [0.05, 0.1) is 24.0 Å². The Morgan fingerprint density at radius 1 is 1.50 bits per heavy atom. The van der Waals surface area contributed by atoms with Crippen LogP contribution in [0.1, 0.15) is 6.42 Å². The Hall–Kier alpha value is -1.29. The van der Waals surface area contributed by atoms with Crippen LogP contribution < -0.4 is 11.1 Å². The number of rotatable bonds is 2. The Balaban J connectivity index is 2.08. The number of ether oxygens (including phenoxy) is 1. The van der Waals surface area contributed by atoms with Crippen LogP contribution in [-0.4, -0.2) is 19.3 Å². The second kappa shape index (κ2) is 3.84. The standard InChI is InChI=1S/C10H13FN2O/c11-7-1-2-10(9(12)5-7)13-8-3-4-14-6-8/h1-2,5,8,13H,3-4,6,12H2. The molecule has 0 aromatic heterocycles. The van der Waals surface area contributed by atoms with E-state index in [2.05, 4.69) is 5.32 Å². The average molecular weight is 196 g/mol. The maximum Gasteiger partial charge on any atom is 0.125 e. The van der Waals surface area contributed by atoms with Gasteiger partial charge in [-0.1, -0.05) is 0 Å². The summed E-state index contributed by atoms with van der Waals surface area (Å²) in [6.45, 7) is 1.47. The summed E-state index contributed by atoms with van der Waals surface area (Å²) in [7, 11) is 0. The number of benzene rings is 1. The number of nitrogens with two attached hydrogens (primary N) is 1. The number of nitrogen functional groups attached to an aromatic ring is 1. The summed E-state index contributed by atoms with van der Waals surface area (Å²) in [5.41, 5.74) is 6.88. The normalized spacial score (nSPS) is 21.1. The van der Waals surface area contributed by atoms with Gasteiger partial charge in [0.2, 0.25) is 0 Å². The van der Waals surface area contributed by atoms with E-state index in [0.717, 1.165) is 18.7 Å². The minimum atomic E-state index is -0.310. The molecule has 76 valence electrons. The lowest BCUT2D eigenvalue weighted by Crippen LogP contribution is -2.19. The van der Waals surface area contributed by atoms with Crippen LogP contribution in [-0.2, 0) is 4.74 Å². The lowest BCUT2D eigenvalue weighted by atomic mass is 10.2. The number of hydrogen-bond donors (Lipinski definition) is 2. The second-order valence-electron chi connectivity index (χ2n) is 3.44. The quantitative estimate of drug-likeness (QED) is 0.706. The van der Waals surface area contributed by atoms with Crippen molar-refractivity contribution >= 4 is 11.4 Å². The molecule has 0 radical (unpaired) electrons. The Morgan fingerprint density at radius 3 is 3.00 bits per heavy atom. The van der Waals surface area contributed by atoms with Crippen molar-refractivity contribution in [3.8, 4) is 0 Å². The summed E-state index contributed by atoms with van der Waals surface area (Å²) in [4.78, 5) is 0. The minimum Gasteiger partial charge on any atom is -0.397 e. The summed E-state index contributed by atoms with van der Waals surface area (Å²) < 4.78 is 17.9. The Labute approximate surface area is 82.1 Å². The Bertz CT molecular complexity index is 324. The lowest BCUT2D eigenvalue weighted by molar-refractivity contribution is 0.195. The average Bonchev–Trinajstić information content (AvgIpc) is 2.62. The largest absolute Gasteiger partial charge is 0.397 e. The maximum absolute atomic E-state index is 12.7. The SMILES string of the molecule is Nc1cc(F)ccc1NC1CCOC1. The molecule has 1 fully saturated rings. The van der Waals surface area contributed by atoms with Crippen LogP contribution in [0.5, 0.6) is 0 Å². The number of halogens is 1. The van der Waals surface area contributed by atoms with Crippen LogP contribution in [0.3, 0.4) is 0 Å². The first-order valence-corrected chi connectivity index (χ1v) is 4.65. The van der Waals surface area contributed by atoms with Gasteiger partial charge in [-0.05, 0) is 24.6 Å². The summed E-state index contributed by atoms with van der Waals surface area (Å²) in [6, 6.07) is 4.66. The number of nitrogens with one attached hydrogen (secondary N) is 1. The molecule has 1 unspecified atom stereocenters. The molecule has 0 amide bonds. The smallest absolute Gasteiger partial charge is 0.125 e. The van der Waals surface area contributed by atoms with E-state index in [9.17, 15) is 4.39 Å². The van der Waals surface area contributed by atoms with Crippen LogP contribution in [0.4, 0.5) is 15.8 Å². The molecule has 3 nitrogen and oxygen atoms in total. The zero-order valence-electron chi connectivity index (χ0n) is 7.79. The first-order valence-electron chi connectivity index (χ1n) is 4.65. The van der Waals surface area contributed by atoms with Crippen molar-refractivity contribution in [3.63, 3.8) is 0 Å². The molecule has 1 aliphatic rings. The van der Waals surface area contributed by atoms with Gasteiger partial charge in [0, 0.05) is 6.61 Å². The van der Waals surface area contributed by atoms with Gasteiger partial charge in [-0.3, -0.25) is 0 Å². The van der Waals surface area contributed by atoms with E-state index in [0.29, 0.717) is 18.3 Å². The Kier molecular flexibility index (Phi) is 2.54. The molecular weight excluding hydrogens is 183 g/mol. The van der Waals surface area contributed by atoms with Gasteiger partial charge >= 0.3 is 0 Å². The monoisotopic (exact) mass is 196 g/mol. The Morgan fingerprint density at radius 2 is 2.36 bits per heavy atom. The summed E-state index contributed by atoms with van der Waals surface area (Å²) in [5.74, 6) is -0.310. The molecule has 3 N–H and O–H groups in total. The fourth-order valence-electron chi connectivity index (χ4n) is 1.53. The van der Waals surface area contributed by atoms with Gasteiger partial charge in [-0.25, -0.2) is 4.39 Å². The van der Waals surface area contributed by atoms with Gasteiger partial charge in [-0.15, -0.1) is 0 Å². The van der Waals surface area contributed by atoms with Gasteiger partial charge in [0.25, 0.3) is 0 Å². The fraction of sp³-hybridized carbons (Fsp3) is 0.400. The third kappa shape index (κ3) is 1.96. The lowest BCUT2D eigenvalue weighted by Gasteiger charge is -2.13. The van der Waals surface area contributed by atoms with Crippen LogP contribution in [0.25, 0.3) is 0 Å². The molecule has 1 aromatic rings. The van der Waals surface area contributed by atoms with E-state index < -0.39 is 0 Å². The van der Waals surface area contributed by atoms with E-state index in [1.807, 2.05) is 0 Å². The van der Waals surface area contributed by atoms with Crippen molar-refractivity contribution in [2.45, 2.75) is 12.5 Å². The van der Waals surface area contributed by atoms with Crippen LogP contribution in [0, 0.1) is 5.82 Å². The third-order valence-corrected chi connectivity index (χ3v) is 2.30. The molecule has 1 aromatic carbocycles. The molecule has 4 heteroatoms. The zero-order valence-corrected chi connectivity index (χ0v) is 7.79. The molecule has 1 atom stereocenters. The number of anilines is 2. The predicted octanol–water partition coefficient (Wildman–Crippen LogP) is 1.61. The predicted molar refractivity (Wildman–Crippen MR) is 53.7 cm³/mol. The topological polar surface area (TPSA) is 47.3 Å². The number of hydrogen-bond acceptors (Lipinski definition) is 3. The first-order chi connectivity index (χ1) is 6.75. The molecule has 0 aliphatic carbocycles. The van der Waals surface area contributed by atoms with Crippen LogP contribution in [0.15, 0.2) is 18.2 Å². The van der Waals surface area contributed by atoms with Crippen molar-refractivity contribution in [1.29, 1.82) is 0 Å². The van der Waals surface area contributed by atoms with E-state index in [-0.39, 0.29) is 5.82 Å². The van der Waals surface area contributed by atoms with E-state index in [4.69, 9.17) is 10.5 Å². The molecule has 14 heavy (non-hydrogen) atoms. The van der Waals surface area contributed by atoms with Gasteiger partial charge in [0.1, 0.15) is 5.82 Å². The van der Waals surface area contributed by atoms with E-state index in [1.165, 1.54) is 12.1 Å². The molecule has 0 spiro atoms. The molecule has 0 bridgehead atoms. The van der Waals surface area contributed by atoms with Gasteiger partial charge in [-0.2, -0.15) is 0 Å². The highest BCUT2D eigenvalue weighted by atomic mass is 19.1.